The van der Waals surface area contributed by atoms with Crippen molar-refractivity contribution in [1.29, 1.82) is 0 Å². The van der Waals surface area contributed by atoms with Crippen LogP contribution in [0.25, 0.3) is 22.4 Å². The number of anilines is 1. The molecule has 0 radical (unpaired) electrons. The van der Waals surface area contributed by atoms with E-state index < -0.39 is 10.0 Å². The molecule has 1 saturated heterocycles. The second kappa shape index (κ2) is 9.68. The summed E-state index contributed by atoms with van der Waals surface area (Å²) in [6.07, 6.45) is 3.50. The Morgan fingerprint density at radius 2 is 1.86 bits per heavy atom. The van der Waals surface area contributed by atoms with Crippen LogP contribution in [0.5, 0.6) is 11.6 Å². The highest BCUT2D eigenvalue weighted by molar-refractivity contribution is 7.92. The maximum absolute atomic E-state index is 12.9. The van der Waals surface area contributed by atoms with Crippen molar-refractivity contribution in [3.63, 3.8) is 0 Å². The van der Waals surface area contributed by atoms with Gasteiger partial charge in [-0.25, -0.2) is 13.4 Å². The number of halogens is 1. The number of aromatic amines is 1. The van der Waals surface area contributed by atoms with Gasteiger partial charge in [0.05, 0.1) is 18.3 Å². The van der Waals surface area contributed by atoms with Crippen molar-refractivity contribution >= 4 is 38.3 Å². The molecule has 0 spiro atoms. The van der Waals surface area contributed by atoms with Crippen molar-refractivity contribution in [2.75, 3.05) is 24.9 Å². The zero-order valence-corrected chi connectivity index (χ0v) is 20.4. The van der Waals surface area contributed by atoms with Crippen LogP contribution in [0.2, 0.25) is 5.02 Å². The summed E-state index contributed by atoms with van der Waals surface area (Å²) in [5, 5.41) is 11.1. The Morgan fingerprint density at radius 3 is 2.60 bits per heavy atom. The molecular weight excluding hydrogens is 492 g/mol. The fraction of sp³-hybridized carbons (Fsp3) is 0.261. The van der Waals surface area contributed by atoms with E-state index in [1.54, 1.807) is 36.5 Å². The van der Waals surface area contributed by atoms with Gasteiger partial charge in [-0.15, -0.1) is 0 Å². The van der Waals surface area contributed by atoms with E-state index in [0.29, 0.717) is 39.7 Å². The van der Waals surface area contributed by atoms with Crippen LogP contribution >= 0.6 is 11.6 Å². The number of ether oxygens (including phenoxy) is 2. The number of hydrogen-bond donors (Lipinski definition) is 3. The van der Waals surface area contributed by atoms with Crippen molar-refractivity contribution in [3.8, 4) is 23.0 Å². The third kappa shape index (κ3) is 5.02. The molecule has 0 atom stereocenters. The number of fused-ring (bicyclic) bond motifs is 1. The third-order valence-electron chi connectivity index (χ3n) is 5.66. The minimum atomic E-state index is -3.93. The van der Waals surface area contributed by atoms with E-state index in [9.17, 15) is 8.42 Å². The highest BCUT2D eigenvalue weighted by Crippen LogP contribution is 2.30. The molecule has 1 aliphatic rings. The summed E-state index contributed by atoms with van der Waals surface area (Å²) in [7, 11) is -2.47. The van der Waals surface area contributed by atoms with E-state index in [4.69, 9.17) is 21.1 Å². The quantitative estimate of drug-likeness (QED) is 0.341. The average Bonchev–Trinajstić information content (AvgIpc) is 3.34. The normalized spacial score (nSPS) is 14.7. The Labute approximate surface area is 207 Å². The number of hydrogen-bond acceptors (Lipinski definition) is 8. The van der Waals surface area contributed by atoms with Gasteiger partial charge in [-0.05, 0) is 62.3 Å². The smallest absolute Gasteiger partial charge is 0.263 e. The summed E-state index contributed by atoms with van der Waals surface area (Å²) in [4.78, 5) is 9.11. The Morgan fingerprint density at radius 1 is 1.09 bits per heavy atom. The first-order valence-electron chi connectivity index (χ1n) is 11.0. The second-order valence-electron chi connectivity index (χ2n) is 8.03. The highest BCUT2D eigenvalue weighted by atomic mass is 35.5. The van der Waals surface area contributed by atoms with Gasteiger partial charge >= 0.3 is 0 Å². The lowest BCUT2D eigenvalue weighted by Crippen LogP contribution is -2.34. The van der Waals surface area contributed by atoms with Gasteiger partial charge in [0.25, 0.3) is 10.0 Å². The molecule has 0 bridgehead atoms. The van der Waals surface area contributed by atoms with Crippen molar-refractivity contribution in [3.05, 3.63) is 53.7 Å². The van der Waals surface area contributed by atoms with E-state index in [1.807, 2.05) is 0 Å². The molecule has 182 valence electrons. The van der Waals surface area contributed by atoms with E-state index >= 15 is 0 Å². The van der Waals surface area contributed by atoms with Crippen LogP contribution in [0.1, 0.15) is 12.8 Å². The molecule has 4 aromatic rings. The van der Waals surface area contributed by atoms with Gasteiger partial charge in [0.2, 0.25) is 5.88 Å². The topological polar surface area (TPSA) is 131 Å². The van der Waals surface area contributed by atoms with E-state index in [-0.39, 0.29) is 16.0 Å². The number of rotatable bonds is 7. The number of aromatic nitrogens is 4. The molecule has 12 heteroatoms. The Balaban J connectivity index is 1.40. The number of sulfonamides is 1. The molecular formula is C23H23ClN6O4S. The first kappa shape index (κ1) is 23.3. The first-order valence-corrected chi connectivity index (χ1v) is 12.8. The molecule has 2 aromatic carbocycles. The largest absolute Gasteiger partial charge is 0.497 e. The average molecular weight is 515 g/mol. The molecule has 5 rings (SSSR count). The van der Waals surface area contributed by atoms with Crippen LogP contribution in [0, 0.1) is 0 Å². The molecule has 35 heavy (non-hydrogen) atoms. The SMILES string of the molecule is COc1ccc(Cl)c(S(=O)(=O)Nc2ccc(-c3nc(OC4CCNCC4)c4cn[nH]c4n3)cc2)c1. The van der Waals surface area contributed by atoms with Crippen molar-refractivity contribution < 1.29 is 17.9 Å². The van der Waals surface area contributed by atoms with Gasteiger partial charge in [-0.3, -0.25) is 9.82 Å². The van der Waals surface area contributed by atoms with Crippen LogP contribution < -0.4 is 19.5 Å². The van der Waals surface area contributed by atoms with Crippen molar-refractivity contribution in [2.45, 2.75) is 23.8 Å². The van der Waals surface area contributed by atoms with Gasteiger partial charge in [0, 0.05) is 17.3 Å². The number of methoxy groups -OCH3 is 1. The maximum Gasteiger partial charge on any atom is 0.263 e. The van der Waals surface area contributed by atoms with Crippen LogP contribution in [-0.2, 0) is 10.0 Å². The fourth-order valence-corrected chi connectivity index (χ4v) is 5.39. The zero-order chi connectivity index (χ0) is 24.4. The standard InChI is InChI=1S/C23H23ClN6O4S/c1-33-17-6-7-19(24)20(12-17)35(31,32)30-15-4-2-14(3-5-15)21-27-22-18(13-26-29-22)23(28-21)34-16-8-10-25-11-9-16/h2-7,12-13,16,25,30H,8-11H2,1H3,(H,26,27,28,29). The van der Waals surface area contributed by atoms with Crippen LogP contribution in [0.4, 0.5) is 5.69 Å². The van der Waals surface area contributed by atoms with Gasteiger partial charge in [0.15, 0.2) is 11.5 Å². The van der Waals surface area contributed by atoms with E-state index in [0.717, 1.165) is 25.9 Å². The molecule has 10 nitrogen and oxygen atoms in total. The number of nitrogens with zero attached hydrogens (tertiary/aromatic N) is 3. The van der Waals surface area contributed by atoms with E-state index in [1.165, 1.54) is 19.2 Å². The van der Waals surface area contributed by atoms with Gasteiger partial charge in [-0.1, -0.05) is 11.6 Å². The van der Waals surface area contributed by atoms with Crippen LogP contribution in [-0.4, -0.2) is 54.9 Å². The number of benzene rings is 2. The number of nitrogens with one attached hydrogen (secondary N) is 3. The molecule has 3 N–H and O–H groups in total. The highest BCUT2D eigenvalue weighted by Gasteiger charge is 2.21. The maximum atomic E-state index is 12.9. The summed E-state index contributed by atoms with van der Waals surface area (Å²) in [5.41, 5.74) is 1.62. The molecule has 2 aromatic heterocycles. The summed E-state index contributed by atoms with van der Waals surface area (Å²) >= 11 is 6.12. The minimum absolute atomic E-state index is 0.0670. The number of piperidine rings is 1. The van der Waals surface area contributed by atoms with Crippen molar-refractivity contribution in [1.82, 2.24) is 25.5 Å². The molecule has 0 aliphatic carbocycles. The summed E-state index contributed by atoms with van der Waals surface area (Å²) in [6.45, 7) is 1.80. The van der Waals surface area contributed by atoms with Crippen molar-refractivity contribution in [2.24, 2.45) is 0 Å². The van der Waals surface area contributed by atoms with E-state index in [2.05, 4.69) is 30.2 Å². The lowest BCUT2D eigenvalue weighted by atomic mass is 10.1. The Kier molecular flexibility index (Phi) is 6.46. The van der Waals surface area contributed by atoms with Gasteiger partial charge in [0.1, 0.15) is 22.1 Å². The monoisotopic (exact) mass is 514 g/mol. The summed E-state index contributed by atoms with van der Waals surface area (Å²) in [6, 6.07) is 11.2. The van der Waals surface area contributed by atoms with Gasteiger partial charge < -0.3 is 14.8 Å². The molecule has 1 fully saturated rings. The predicted octanol–water partition coefficient (Wildman–Crippen LogP) is 3.61. The van der Waals surface area contributed by atoms with Crippen LogP contribution in [0.3, 0.4) is 0 Å². The Bertz CT molecular complexity index is 1450. The molecule has 3 heterocycles. The first-order chi connectivity index (χ1) is 16.9. The number of H-pyrrole nitrogens is 1. The summed E-state index contributed by atoms with van der Waals surface area (Å²) < 4.78 is 39.6. The molecule has 0 saturated carbocycles. The van der Waals surface area contributed by atoms with Crippen LogP contribution in [0.15, 0.2) is 53.6 Å². The Hall–Kier alpha value is -3.41. The summed E-state index contributed by atoms with van der Waals surface area (Å²) in [5.74, 6) is 1.30. The molecule has 0 amide bonds. The minimum Gasteiger partial charge on any atom is -0.497 e. The third-order valence-corrected chi connectivity index (χ3v) is 7.53. The zero-order valence-electron chi connectivity index (χ0n) is 18.8. The lowest BCUT2D eigenvalue weighted by molar-refractivity contribution is 0.158. The fourth-order valence-electron chi connectivity index (χ4n) is 3.81. The second-order valence-corrected chi connectivity index (χ2v) is 10.1. The molecule has 1 aliphatic heterocycles. The van der Waals surface area contributed by atoms with Gasteiger partial charge in [-0.2, -0.15) is 10.1 Å². The predicted molar refractivity (Wildman–Crippen MR) is 132 cm³/mol. The molecule has 0 unspecified atom stereocenters. The lowest BCUT2D eigenvalue weighted by Gasteiger charge is -2.23.